The Labute approximate surface area is 181 Å². The lowest BCUT2D eigenvalue weighted by Crippen LogP contribution is -2.22. The fourth-order valence-electron chi connectivity index (χ4n) is 3.65. The Hall–Kier alpha value is -4.32. The van der Waals surface area contributed by atoms with E-state index >= 15 is 0 Å². The Morgan fingerprint density at radius 3 is 2.75 bits per heavy atom. The zero-order valence-corrected chi connectivity index (χ0v) is 17.1. The van der Waals surface area contributed by atoms with E-state index in [2.05, 4.69) is 15.3 Å². The van der Waals surface area contributed by atoms with Gasteiger partial charge in [-0.2, -0.15) is 5.26 Å². The minimum absolute atomic E-state index is 0.0619. The average molecular weight is 432 g/mol. The minimum Gasteiger partial charge on any atom is -0.382 e. The monoisotopic (exact) mass is 432 g/mol. The van der Waals surface area contributed by atoms with Crippen molar-refractivity contribution in [1.82, 2.24) is 14.4 Å². The molecule has 0 unspecified atom stereocenters. The van der Waals surface area contributed by atoms with Gasteiger partial charge in [0.25, 0.3) is 5.56 Å². The molecule has 3 aromatic heterocycles. The molecule has 0 radical (unpaired) electrons. The quantitative estimate of drug-likeness (QED) is 0.500. The maximum absolute atomic E-state index is 14.1. The predicted molar refractivity (Wildman–Crippen MR) is 117 cm³/mol. The van der Waals surface area contributed by atoms with Crippen LogP contribution in [-0.4, -0.2) is 20.9 Å². The van der Waals surface area contributed by atoms with Gasteiger partial charge in [-0.25, -0.2) is 18.7 Å². The van der Waals surface area contributed by atoms with Crippen LogP contribution in [0.1, 0.15) is 16.8 Å². The van der Waals surface area contributed by atoms with E-state index in [9.17, 15) is 18.8 Å². The lowest BCUT2D eigenvalue weighted by atomic mass is 9.98. The van der Waals surface area contributed by atoms with Crippen LogP contribution < -0.4 is 16.6 Å². The summed E-state index contributed by atoms with van der Waals surface area (Å²) in [6, 6.07) is 12.3. The van der Waals surface area contributed by atoms with Gasteiger partial charge in [-0.15, -0.1) is 0 Å². The number of rotatable bonds is 5. The summed E-state index contributed by atoms with van der Waals surface area (Å²) in [7, 11) is 0. The number of anilines is 2. The zero-order valence-electron chi connectivity index (χ0n) is 17.1. The van der Waals surface area contributed by atoms with Gasteiger partial charge in [0.15, 0.2) is 0 Å². The number of pyridine rings is 2. The summed E-state index contributed by atoms with van der Waals surface area (Å²) >= 11 is 0. The van der Waals surface area contributed by atoms with Crippen LogP contribution in [0.4, 0.5) is 20.4 Å². The van der Waals surface area contributed by atoms with Crippen LogP contribution in [0.3, 0.4) is 0 Å². The van der Waals surface area contributed by atoms with Gasteiger partial charge in [0.1, 0.15) is 41.2 Å². The number of aromatic nitrogens is 3. The van der Waals surface area contributed by atoms with Crippen molar-refractivity contribution in [1.29, 1.82) is 5.26 Å². The van der Waals surface area contributed by atoms with E-state index in [4.69, 9.17) is 5.73 Å². The highest BCUT2D eigenvalue weighted by atomic mass is 19.1. The van der Waals surface area contributed by atoms with Crippen LogP contribution in [0.25, 0.3) is 16.6 Å². The molecule has 160 valence electrons. The highest BCUT2D eigenvalue weighted by molar-refractivity contribution is 5.70. The van der Waals surface area contributed by atoms with Gasteiger partial charge in [0, 0.05) is 12.1 Å². The molecule has 3 N–H and O–H groups in total. The van der Waals surface area contributed by atoms with Crippen LogP contribution >= 0.6 is 0 Å². The molecule has 7 nitrogen and oxygen atoms in total. The maximum Gasteiger partial charge on any atom is 0.263 e. The summed E-state index contributed by atoms with van der Waals surface area (Å²) in [5, 5.41) is 12.3. The van der Waals surface area contributed by atoms with Crippen molar-refractivity contribution < 1.29 is 8.78 Å². The molecule has 9 heteroatoms. The SMILES string of the molecule is Cc1c(F)ccc2cc(CCNc3ncnc(N)c3C#N)c(-c3cccc(F)c3)c(=O)n12. The normalized spacial score (nSPS) is 10.8. The van der Waals surface area contributed by atoms with Gasteiger partial charge in [-0.3, -0.25) is 9.20 Å². The van der Waals surface area contributed by atoms with Crippen LogP contribution in [0.2, 0.25) is 0 Å². The molecule has 0 saturated heterocycles. The first-order valence-corrected chi connectivity index (χ1v) is 9.75. The summed E-state index contributed by atoms with van der Waals surface area (Å²) in [5.41, 5.74) is 7.40. The van der Waals surface area contributed by atoms with Gasteiger partial charge in [0.05, 0.1) is 11.3 Å². The second kappa shape index (κ2) is 8.43. The van der Waals surface area contributed by atoms with Crippen molar-refractivity contribution >= 4 is 17.2 Å². The van der Waals surface area contributed by atoms with Gasteiger partial charge in [-0.1, -0.05) is 12.1 Å². The summed E-state index contributed by atoms with van der Waals surface area (Å²) in [4.78, 5) is 21.2. The molecular weight excluding hydrogens is 414 g/mol. The number of fused-ring (bicyclic) bond motifs is 1. The number of halogens is 2. The Kier molecular flexibility index (Phi) is 5.52. The van der Waals surface area contributed by atoms with E-state index in [0.29, 0.717) is 29.6 Å². The molecule has 0 amide bonds. The van der Waals surface area contributed by atoms with Crippen LogP contribution in [0.15, 0.2) is 53.6 Å². The zero-order chi connectivity index (χ0) is 22.8. The predicted octanol–water partition coefficient (Wildman–Crippen LogP) is 3.45. The molecule has 0 atom stereocenters. The molecule has 0 bridgehead atoms. The van der Waals surface area contributed by atoms with Crippen molar-refractivity contribution in [3.8, 4) is 17.2 Å². The number of hydrogen-bond acceptors (Lipinski definition) is 6. The first-order chi connectivity index (χ1) is 15.4. The molecule has 0 aliphatic carbocycles. The topological polar surface area (TPSA) is 109 Å². The van der Waals surface area contributed by atoms with E-state index in [0.717, 1.165) is 0 Å². The summed E-state index contributed by atoms with van der Waals surface area (Å²) in [5.74, 6) is -0.651. The Bertz CT molecular complexity index is 1440. The van der Waals surface area contributed by atoms with Crippen molar-refractivity contribution in [2.75, 3.05) is 17.6 Å². The van der Waals surface area contributed by atoms with Crippen molar-refractivity contribution in [2.45, 2.75) is 13.3 Å². The molecule has 4 rings (SSSR count). The molecule has 32 heavy (non-hydrogen) atoms. The number of aryl methyl sites for hydroxylation is 1. The number of hydrogen-bond donors (Lipinski definition) is 2. The number of benzene rings is 1. The minimum atomic E-state index is -0.510. The van der Waals surface area contributed by atoms with E-state index in [-0.39, 0.29) is 28.5 Å². The van der Waals surface area contributed by atoms with Crippen molar-refractivity contribution in [3.05, 3.63) is 87.6 Å². The standard InChI is InChI=1S/C23H18F2N6O/c1-13-19(25)6-5-17-10-15(7-8-28-22-18(11-26)21(27)29-12-30-22)20(23(32)31(13)17)14-3-2-4-16(24)9-14/h2-6,9-10,12H,7-8H2,1H3,(H3,27,28,29,30). The third-order valence-corrected chi connectivity index (χ3v) is 5.19. The largest absolute Gasteiger partial charge is 0.382 e. The van der Waals surface area contributed by atoms with E-state index in [1.54, 1.807) is 12.1 Å². The lowest BCUT2D eigenvalue weighted by Gasteiger charge is -2.15. The summed E-state index contributed by atoms with van der Waals surface area (Å²) < 4.78 is 29.4. The molecule has 3 heterocycles. The Balaban J connectivity index is 1.79. The number of nitrogens with zero attached hydrogens (tertiary/aromatic N) is 4. The first-order valence-electron chi connectivity index (χ1n) is 9.75. The van der Waals surface area contributed by atoms with Gasteiger partial charge in [0.2, 0.25) is 0 Å². The Morgan fingerprint density at radius 1 is 1.19 bits per heavy atom. The lowest BCUT2D eigenvalue weighted by molar-refractivity contribution is 0.605. The molecule has 0 aliphatic heterocycles. The number of nitriles is 1. The summed E-state index contributed by atoms with van der Waals surface area (Å²) in [6.45, 7) is 1.83. The fraction of sp³-hybridized carbons (Fsp3) is 0.130. The molecule has 0 saturated carbocycles. The number of nitrogens with two attached hydrogens (primary N) is 1. The third-order valence-electron chi connectivity index (χ3n) is 5.19. The van der Waals surface area contributed by atoms with Crippen LogP contribution in [0.5, 0.6) is 0 Å². The second-order valence-electron chi connectivity index (χ2n) is 7.16. The average Bonchev–Trinajstić information content (AvgIpc) is 2.76. The summed E-state index contributed by atoms with van der Waals surface area (Å²) in [6.07, 6.45) is 1.60. The Morgan fingerprint density at radius 2 is 2.00 bits per heavy atom. The third kappa shape index (κ3) is 3.74. The fourth-order valence-corrected chi connectivity index (χ4v) is 3.65. The molecule has 0 aliphatic rings. The van der Waals surface area contributed by atoms with E-state index < -0.39 is 17.2 Å². The molecular formula is C23H18F2N6O. The van der Waals surface area contributed by atoms with E-state index in [1.807, 2.05) is 6.07 Å². The molecule has 1 aromatic carbocycles. The maximum atomic E-state index is 14.1. The van der Waals surface area contributed by atoms with E-state index in [1.165, 1.54) is 48.0 Å². The highest BCUT2D eigenvalue weighted by Crippen LogP contribution is 2.24. The van der Waals surface area contributed by atoms with Gasteiger partial charge >= 0.3 is 0 Å². The smallest absolute Gasteiger partial charge is 0.263 e. The number of nitrogens with one attached hydrogen (secondary N) is 1. The molecule has 0 fully saturated rings. The first kappa shape index (κ1) is 20.9. The van der Waals surface area contributed by atoms with Crippen molar-refractivity contribution in [3.63, 3.8) is 0 Å². The van der Waals surface area contributed by atoms with Crippen LogP contribution in [-0.2, 0) is 6.42 Å². The van der Waals surface area contributed by atoms with Crippen LogP contribution in [0, 0.1) is 29.9 Å². The molecule has 0 spiro atoms. The van der Waals surface area contributed by atoms with Gasteiger partial charge in [-0.05, 0) is 54.8 Å². The van der Waals surface area contributed by atoms with Gasteiger partial charge < -0.3 is 11.1 Å². The highest BCUT2D eigenvalue weighted by Gasteiger charge is 2.17. The molecule has 4 aromatic rings. The van der Waals surface area contributed by atoms with Crippen molar-refractivity contribution in [2.24, 2.45) is 0 Å². The second-order valence-corrected chi connectivity index (χ2v) is 7.16. The number of nitrogen functional groups attached to an aromatic ring is 1.